The second kappa shape index (κ2) is 5.97. The maximum absolute atomic E-state index is 10.3. The summed E-state index contributed by atoms with van der Waals surface area (Å²) in [4.78, 5) is 1.01. The van der Waals surface area contributed by atoms with Crippen LogP contribution in [0.5, 0.6) is 0 Å². The highest BCUT2D eigenvalue weighted by atomic mass is 32.1. The van der Waals surface area contributed by atoms with Gasteiger partial charge in [-0.2, -0.15) is 5.10 Å². The number of benzene rings is 1. The van der Waals surface area contributed by atoms with Gasteiger partial charge in [0.2, 0.25) is 0 Å². The molecular formula is C16H19N3OS. The van der Waals surface area contributed by atoms with E-state index in [2.05, 4.69) is 28.6 Å². The molecule has 0 bridgehead atoms. The van der Waals surface area contributed by atoms with Crippen LogP contribution < -0.4 is 5.32 Å². The van der Waals surface area contributed by atoms with Gasteiger partial charge in [0.1, 0.15) is 6.10 Å². The summed E-state index contributed by atoms with van der Waals surface area (Å²) >= 11 is 1.65. The van der Waals surface area contributed by atoms with Crippen molar-refractivity contribution in [1.29, 1.82) is 0 Å². The second-order valence-corrected chi connectivity index (χ2v) is 6.36. The summed E-state index contributed by atoms with van der Waals surface area (Å²) in [5, 5.41) is 19.1. The Hall–Kier alpha value is -1.69. The van der Waals surface area contributed by atoms with E-state index in [4.69, 9.17) is 0 Å². The first-order valence-corrected chi connectivity index (χ1v) is 7.81. The number of nitrogens with one attached hydrogen (secondary N) is 1. The summed E-state index contributed by atoms with van der Waals surface area (Å²) in [5.41, 5.74) is 2.20. The van der Waals surface area contributed by atoms with Crippen LogP contribution in [0.3, 0.4) is 0 Å². The van der Waals surface area contributed by atoms with Gasteiger partial charge < -0.3 is 10.4 Å². The first-order valence-electron chi connectivity index (χ1n) is 7.00. The lowest BCUT2D eigenvalue weighted by Crippen LogP contribution is -2.20. The van der Waals surface area contributed by atoms with E-state index in [1.165, 1.54) is 15.6 Å². The number of thiophene rings is 1. The van der Waals surface area contributed by atoms with E-state index in [-0.39, 0.29) is 0 Å². The number of hydrogen-bond acceptors (Lipinski definition) is 4. The molecule has 0 amide bonds. The maximum atomic E-state index is 10.3. The molecule has 21 heavy (non-hydrogen) atoms. The van der Waals surface area contributed by atoms with Crippen LogP contribution in [0.1, 0.15) is 22.2 Å². The third kappa shape index (κ3) is 3.15. The lowest BCUT2D eigenvalue weighted by Gasteiger charge is -2.09. The molecule has 0 aliphatic carbocycles. The molecular weight excluding hydrogens is 282 g/mol. The Kier molecular flexibility index (Phi) is 4.05. The molecule has 2 aromatic heterocycles. The van der Waals surface area contributed by atoms with Gasteiger partial charge in [-0.05, 0) is 24.4 Å². The summed E-state index contributed by atoms with van der Waals surface area (Å²) in [6.07, 6.45) is 1.54. The van der Waals surface area contributed by atoms with Gasteiger partial charge in [-0.15, -0.1) is 11.3 Å². The third-order valence-corrected chi connectivity index (χ3v) is 4.76. The van der Waals surface area contributed by atoms with Crippen LogP contribution in [0.25, 0.3) is 10.1 Å². The van der Waals surface area contributed by atoms with Gasteiger partial charge in [-0.25, -0.2) is 0 Å². The zero-order valence-electron chi connectivity index (χ0n) is 12.2. The minimum atomic E-state index is -0.473. The van der Waals surface area contributed by atoms with Crippen LogP contribution in [-0.4, -0.2) is 21.4 Å². The number of aromatic nitrogens is 2. The van der Waals surface area contributed by atoms with Crippen molar-refractivity contribution >= 4 is 21.4 Å². The largest absolute Gasteiger partial charge is 0.386 e. The molecule has 1 atom stereocenters. The fourth-order valence-corrected chi connectivity index (χ4v) is 3.48. The predicted molar refractivity (Wildman–Crippen MR) is 86.4 cm³/mol. The van der Waals surface area contributed by atoms with Crippen molar-refractivity contribution in [3.8, 4) is 0 Å². The van der Waals surface area contributed by atoms with Crippen LogP contribution in [-0.2, 0) is 13.6 Å². The molecule has 0 spiro atoms. The molecule has 1 unspecified atom stereocenters. The average Bonchev–Trinajstić information content (AvgIpc) is 3.02. The summed E-state index contributed by atoms with van der Waals surface area (Å²) in [7, 11) is 1.92. The van der Waals surface area contributed by atoms with Crippen LogP contribution in [0.2, 0.25) is 0 Å². The van der Waals surface area contributed by atoms with Crippen molar-refractivity contribution < 1.29 is 5.11 Å². The minimum absolute atomic E-state index is 0.473. The number of fused-ring (bicyclic) bond motifs is 1. The van der Waals surface area contributed by atoms with E-state index in [9.17, 15) is 5.11 Å². The molecule has 4 nitrogen and oxygen atoms in total. The smallest absolute Gasteiger partial charge is 0.101 e. The van der Waals surface area contributed by atoms with E-state index >= 15 is 0 Å². The molecule has 0 aliphatic heterocycles. The summed E-state index contributed by atoms with van der Waals surface area (Å²) in [6.45, 7) is 3.27. The highest BCUT2D eigenvalue weighted by Crippen LogP contribution is 2.29. The molecule has 3 aromatic rings. The van der Waals surface area contributed by atoms with Crippen LogP contribution >= 0.6 is 11.3 Å². The van der Waals surface area contributed by atoms with Gasteiger partial charge in [-0.3, -0.25) is 4.68 Å². The molecule has 0 saturated carbocycles. The average molecular weight is 301 g/mol. The highest BCUT2D eigenvalue weighted by Gasteiger charge is 2.11. The van der Waals surface area contributed by atoms with Crippen molar-refractivity contribution in [3.63, 3.8) is 0 Å². The molecule has 2 heterocycles. The van der Waals surface area contributed by atoms with Gasteiger partial charge in [0.05, 0.1) is 5.69 Å². The zero-order chi connectivity index (χ0) is 14.8. The van der Waals surface area contributed by atoms with Crippen molar-refractivity contribution in [1.82, 2.24) is 15.1 Å². The van der Waals surface area contributed by atoms with E-state index < -0.39 is 6.10 Å². The number of aliphatic hydroxyl groups excluding tert-OH is 1. The number of rotatable bonds is 5. The second-order valence-electron chi connectivity index (χ2n) is 5.25. The van der Waals surface area contributed by atoms with Gasteiger partial charge in [-0.1, -0.05) is 18.2 Å². The Morgan fingerprint density at radius 3 is 2.90 bits per heavy atom. The van der Waals surface area contributed by atoms with Crippen LogP contribution in [0.4, 0.5) is 0 Å². The normalized spacial score (nSPS) is 12.9. The van der Waals surface area contributed by atoms with Crippen molar-refractivity contribution in [2.75, 3.05) is 6.54 Å². The Morgan fingerprint density at radius 1 is 1.38 bits per heavy atom. The Morgan fingerprint density at radius 2 is 2.19 bits per heavy atom. The first kappa shape index (κ1) is 14.3. The third-order valence-electron chi connectivity index (χ3n) is 3.54. The first-order chi connectivity index (χ1) is 10.1. The lowest BCUT2D eigenvalue weighted by molar-refractivity contribution is 0.178. The molecule has 0 saturated heterocycles. The fourth-order valence-electron chi connectivity index (χ4n) is 2.43. The molecule has 0 aliphatic rings. The fraction of sp³-hybridized carbons (Fsp3) is 0.312. The van der Waals surface area contributed by atoms with E-state index in [1.54, 1.807) is 11.3 Å². The van der Waals surface area contributed by atoms with E-state index in [0.29, 0.717) is 6.54 Å². The number of aliphatic hydroxyl groups is 1. The molecule has 0 radical (unpaired) electrons. The Bertz CT molecular complexity index is 714. The van der Waals surface area contributed by atoms with Gasteiger partial charge >= 0.3 is 0 Å². The number of hydrogen-bond donors (Lipinski definition) is 2. The molecule has 110 valence electrons. The van der Waals surface area contributed by atoms with Crippen LogP contribution in [0.15, 0.2) is 36.5 Å². The van der Waals surface area contributed by atoms with Crippen molar-refractivity contribution in [2.45, 2.75) is 19.6 Å². The maximum Gasteiger partial charge on any atom is 0.101 e. The minimum Gasteiger partial charge on any atom is -0.386 e. The van der Waals surface area contributed by atoms with Crippen molar-refractivity contribution in [3.05, 3.63) is 52.7 Å². The predicted octanol–water partition coefficient (Wildman–Crippen LogP) is 2.77. The molecule has 0 fully saturated rings. The van der Waals surface area contributed by atoms with Crippen molar-refractivity contribution in [2.24, 2.45) is 7.05 Å². The Labute approximate surface area is 128 Å². The van der Waals surface area contributed by atoms with Gasteiger partial charge in [0.25, 0.3) is 0 Å². The number of nitrogens with zero attached hydrogens (tertiary/aromatic N) is 2. The quantitative estimate of drug-likeness (QED) is 0.762. The van der Waals surface area contributed by atoms with Gasteiger partial charge in [0.15, 0.2) is 0 Å². The molecule has 3 rings (SSSR count). The standard InChI is InChI=1S/C16H19N3OS/c1-11-13(10-19(2)18-11)8-17-9-14(20)16-7-12-5-3-4-6-15(12)21-16/h3-7,10,14,17,20H,8-9H2,1-2H3. The van der Waals surface area contributed by atoms with E-state index in [0.717, 1.165) is 17.1 Å². The Balaban J connectivity index is 1.61. The number of aryl methyl sites for hydroxylation is 2. The molecule has 2 N–H and O–H groups in total. The monoisotopic (exact) mass is 301 g/mol. The highest BCUT2D eigenvalue weighted by molar-refractivity contribution is 7.19. The van der Waals surface area contributed by atoms with Crippen LogP contribution in [0, 0.1) is 6.92 Å². The molecule has 1 aromatic carbocycles. The molecule has 5 heteroatoms. The summed E-state index contributed by atoms with van der Waals surface area (Å²) < 4.78 is 3.03. The summed E-state index contributed by atoms with van der Waals surface area (Å²) in [6, 6.07) is 10.3. The van der Waals surface area contributed by atoms with E-state index in [1.807, 2.05) is 37.0 Å². The SMILES string of the molecule is Cc1nn(C)cc1CNCC(O)c1cc2ccccc2s1. The summed E-state index contributed by atoms with van der Waals surface area (Å²) in [5.74, 6) is 0. The van der Waals surface area contributed by atoms with Gasteiger partial charge in [0, 0.05) is 41.5 Å². The zero-order valence-corrected chi connectivity index (χ0v) is 13.0. The topological polar surface area (TPSA) is 50.1 Å². The lowest BCUT2D eigenvalue weighted by atomic mass is 10.2.